The minimum atomic E-state index is -0.963. The highest BCUT2D eigenvalue weighted by Gasteiger charge is 2.33. The number of oxazole rings is 1. The van der Waals surface area contributed by atoms with E-state index in [1.807, 2.05) is 0 Å². The van der Waals surface area contributed by atoms with Crippen molar-refractivity contribution >= 4 is 12.0 Å². The van der Waals surface area contributed by atoms with Crippen LogP contribution in [0.2, 0.25) is 0 Å². The fraction of sp³-hybridized carbons (Fsp3) is 0.545. The van der Waals surface area contributed by atoms with Crippen LogP contribution in [0.3, 0.4) is 0 Å². The van der Waals surface area contributed by atoms with Gasteiger partial charge in [-0.15, -0.1) is 0 Å². The minimum Gasteiger partial charge on any atom is -0.480 e. The SMILES string of the molecule is Cc1cnc(CNC(=O)N2CCCC2C(=O)O)o1. The fourth-order valence-electron chi connectivity index (χ4n) is 2.00. The average molecular weight is 253 g/mol. The van der Waals surface area contributed by atoms with Crippen molar-refractivity contribution in [3.8, 4) is 0 Å². The smallest absolute Gasteiger partial charge is 0.326 e. The third-order valence-electron chi connectivity index (χ3n) is 2.86. The maximum absolute atomic E-state index is 11.8. The maximum Gasteiger partial charge on any atom is 0.326 e. The largest absolute Gasteiger partial charge is 0.480 e. The van der Waals surface area contributed by atoms with Crippen molar-refractivity contribution in [3.05, 3.63) is 17.8 Å². The zero-order chi connectivity index (χ0) is 13.1. The number of urea groups is 1. The Morgan fingerprint density at radius 3 is 3.06 bits per heavy atom. The number of hydrogen-bond acceptors (Lipinski definition) is 4. The summed E-state index contributed by atoms with van der Waals surface area (Å²) in [6.07, 6.45) is 2.78. The first-order valence-electron chi connectivity index (χ1n) is 5.76. The first-order valence-corrected chi connectivity index (χ1v) is 5.76. The summed E-state index contributed by atoms with van der Waals surface area (Å²) in [4.78, 5) is 28.0. The molecule has 7 nitrogen and oxygen atoms in total. The van der Waals surface area contributed by atoms with E-state index in [0.717, 1.165) is 0 Å². The van der Waals surface area contributed by atoms with Gasteiger partial charge in [0.15, 0.2) is 0 Å². The van der Waals surface area contributed by atoms with Gasteiger partial charge >= 0.3 is 12.0 Å². The molecule has 0 radical (unpaired) electrons. The Morgan fingerprint density at radius 1 is 1.67 bits per heavy atom. The lowest BCUT2D eigenvalue weighted by Gasteiger charge is -2.21. The van der Waals surface area contributed by atoms with E-state index in [9.17, 15) is 9.59 Å². The van der Waals surface area contributed by atoms with Gasteiger partial charge in [-0.2, -0.15) is 0 Å². The van der Waals surface area contributed by atoms with Crippen LogP contribution in [0.15, 0.2) is 10.6 Å². The summed E-state index contributed by atoms with van der Waals surface area (Å²) in [6, 6.07) is -1.12. The summed E-state index contributed by atoms with van der Waals surface area (Å²) in [5.74, 6) is 0.116. The molecule has 1 aromatic heterocycles. The molecule has 7 heteroatoms. The number of aryl methyl sites for hydroxylation is 1. The van der Waals surface area contributed by atoms with E-state index in [1.54, 1.807) is 13.1 Å². The van der Waals surface area contributed by atoms with Crippen LogP contribution < -0.4 is 5.32 Å². The van der Waals surface area contributed by atoms with Crippen LogP contribution >= 0.6 is 0 Å². The number of nitrogens with zero attached hydrogens (tertiary/aromatic N) is 2. The summed E-state index contributed by atoms with van der Waals surface area (Å²) >= 11 is 0. The molecule has 1 atom stereocenters. The van der Waals surface area contributed by atoms with Crippen molar-refractivity contribution < 1.29 is 19.1 Å². The second-order valence-corrected chi connectivity index (χ2v) is 4.21. The quantitative estimate of drug-likeness (QED) is 0.828. The molecule has 1 aromatic rings. The summed E-state index contributed by atoms with van der Waals surface area (Å²) in [5, 5.41) is 11.6. The Hall–Kier alpha value is -2.05. The van der Waals surface area contributed by atoms with Crippen molar-refractivity contribution in [1.82, 2.24) is 15.2 Å². The first-order chi connectivity index (χ1) is 8.58. The lowest BCUT2D eigenvalue weighted by Crippen LogP contribution is -2.45. The van der Waals surface area contributed by atoms with E-state index < -0.39 is 18.0 Å². The van der Waals surface area contributed by atoms with Crippen molar-refractivity contribution in [1.29, 1.82) is 0 Å². The van der Waals surface area contributed by atoms with Crippen LogP contribution in [0.1, 0.15) is 24.5 Å². The van der Waals surface area contributed by atoms with Crippen molar-refractivity contribution in [2.24, 2.45) is 0 Å². The summed E-state index contributed by atoms with van der Waals surface area (Å²) < 4.78 is 5.21. The standard InChI is InChI=1S/C11H15N3O4/c1-7-5-12-9(18-7)6-13-11(17)14-4-2-3-8(14)10(15)16/h5,8H,2-4,6H2,1H3,(H,13,17)(H,15,16). The highest BCUT2D eigenvalue weighted by molar-refractivity contribution is 5.83. The van der Waals surface area contributed by atoms with Gasteiger partial charge in [-0.1, -0.05) is 0 Å². The van der Waals surface area contributed by atoms with Crippen LogP contribution in [0.25, 0.3) is 0 Å². The first kappa shape index (κ1) is 12.4. The molecule has 0 spiro atoms. The van der Waals surface area contributed by atoms with Crippen LogP contribution in [0.4, 0.5) is 4.79 Å². The van der Waals surface area contributed by atoms with Gasteiger partial charge in [-0.05, 0) is 19.8 Å². The van der Waals surface area contributed by atoms with Gasteiger partial charge in [0.1, 0.15) is 11.8 Å². The number of aromatic nitrogens is 1. The Bertz CT molecular complexity index is 457. The molecule has 2 amide bonds. The molecule has 1 fully saturated rings. The third-order valence-corrected chi connectivity index (χ3v) is 2.86. The van der Waals surface area contributed by atoms with Crippen LogP contribution in [0, 0.1) is 6.92 Å². The minimum absolute atomic E-state index is 0.162. The lowest BCUT2D eigenvalue weighted by atomic mass is 10.2. The Balaban J connectivity index is 1.89. The van der Waals surface area contributed by atoms with E-state index in [0.29, 0.717) is 31.0 Å². The van der Waals surface area contributed by atoms with Crippen molar-refractivity contribution in [3.63, 3.8) is 0 Å². The molecule has 2 heterocycles. The van der Waals surface area contributed by atoms with Gasteiger partial charge in [-0.25, -0.2) is 14.6 Å². The van der Waals surface area contributed by atoms with E-state index in [1.165, 1.54) is 4.90 Å². The van der Waals surface area contributed by atoms with Gasteiger partial charge < -0.3 is 19.7 Å². The van der Waals surface area contributed by atoms with E-state index >= 15 is 0 Å². The molecule has 1 saturated heterocycles. The normalized spacial score (nSPS) is 18.9. The van der Waals surface area contributed by atoms with Gasteiger partial charge in [0.05, 0.1) is 12.7 Å². The molecule has 1 aliphatic heterocycles. The van der Waals surface area contributed by atoms with Gasteiger partial charge in [0.2, 0.25) is 5.89 Å². The van der Waals surface area contributed by atoms with Crippen LogP contribution in [-0.4, -0.2) is 39.6 Å². The Morgan fingerprint density at radius 2 is 2.44 bits per heavy atom. The van der Waals surface area contributed by atoms with E-state index in [-0.39, 0.29) is 6.54 Å². The lowest BCUT2D eigenvalue weighted by molar-refractivity contribution is -0.141. The molecular weight excluding hydrogens is 238 g/mol. The molecule has 1 aliphatic rings. The second kappa shape index (κ2) is 5.07. The number of aliphatic carboxylic acids is 1. The maximum atomic E-state index is 11.8. The van der Waals surface area contributed by atoms with Gasteiger partial charge in [0.25, 0.3) is 0 Å². The fourth-order valence-corrected chi connectivity index (χ4v) is 2.00. The molecule has 0 saturated carbocycles. The number of nitrogens with one attached hydrogen (secondary N) is 1. The second-order valence-electron chi connectivity index (χ2n) is 4.21. The van der Waals surface area contributed by atoms with Gasteiger partial charge in [-0.3, -0.25) is 0 Å². The third kappa shape index (κ3) is 2.61. The Labute approximate surface area is 104 Å². The number of hydrogen-bond donors (Lipinski definition) is 2. The molecule has 2 rings (SSSR count). The molecule has 98 valence electrons. The molecule has 1 unspecified atom stereocenters. The van der Waals surface area contributed by atoms with Crippen LogP contribution in [0.5, 0.6) is 0 Å². The monoisotopic (exact) mass is 253 g/mol. The predicted molar refractivity (Wildman–Crippen MR) is 60.8 cm³/mol. The number of carbonyl (C=O) groups is 2. The molecule has 2 N–H and O–H groups in total. The highest BCUT2D eigenvalue weighted by atomic mass is 16.4. The zero-order valence-corrected chi connectivity index (χ0v) is 10.0. The molecule has 0 aromatic carbocycles. The number of amides is 2. The number of carboxylic acid groups (broad SMARTS) is 1. The predicted octanol–water partition coefficient (Wildman–Crippen LogP) is 0.742. The number of carbonyl (C=O) groups excluding carboxylic acids is 1. The molecule has 18 heavy (non-hydrogen) atoms. The molecule has 0 aliphatic carbocycles. The van der Waals surface area contributed by atoms with Crippen molar-refractivity contribution in [2.45, 2.75) is 32.4 Å². The van der Waals surface area contributed by atoms with Crippen molar-refractivity contribution in [2.75, 3.05) is 6.54 Å². The molecular formula is C11H15N3O4. The summed E-state index contributed by atoms with van der Waals surface area (Å²) in [5.41, 5.74) is 0. The average Bonchev–Trinajstić information content (AvgIpc) is 2.94. The van der Waals surface area contributed by atoms with E-state index in [4.69, 9.17) is 9.52 Å². The number of rotatable bonds is 3. The highest BCUT2D eigenvalue weighted by Crippen LogP contribution is 2.17. The zero-order valence-electron chi connectivity index (χ0n) is 10.0. The number of carboxylic acids is 1. The van der Waals surface area contributed by atoms with Crippen LogP contribution in [-0.2, 0) is 11.3 Å². The summed E-state index contributed by atoms with van der Waals surface area (Å²) in [7, 11) is 0. The summed E-state index contributed by atoms with van der Waals surface area (Å²) in [6.45, 7) is 2.39. The molecule has 0 bridgehead atoms. The topological polar surface area (TPSA) is 95.7 Å². The van der Waals surface area contributed by atoms with Gasteiger partial charge in [0, 0.05) is 6.54 Å². The van der Waals surface area contributed by atoms with E-state index in [2.05, 4.69) is 10.3 Å². The number of likely N-dealkylation sites (tertiary alicyclic amines) is 1. The Kier molecular flexibility index (Phi) is 3.50.